The number of nitrogens with zero attached hydrogens (tertiary/aromatic N) is 4. The van der Waals surface area contributed by atoms with Gasteiger partial charge in [0.05, 0.1) is 11.0 Å². The van der Waals surface area contributed by atoms with Crippen LogP contribution in [0.1, 0.15) is 44.0 Å². The van der Waals surface area contributed by atoms with Crippen molar-refractivity contribution in [2.45, 2.75) is 45.3 Å². The van der Waals surface area contributed by atoms with E-state index in [0.29, 0.717) is 13.1 Å². The Hall–Kier alpha value is -3.16. The van der Waals surface area contributed by atoms with Gasteiger partial charge in [0.25, 0.3) is 5.69 Å². The maximum absolute atomic E-state index is 13.4. The zero-order chi connectivity index (χ0) is 21.4. The van der Waals surface area contributed by atoms with Gasteiger partial charge in [-0.3, -0.25) is 19.7 Å². The van der Waals surface area contributed by atoms with Crippen molar-refractivity contribution in [3.05, 3.63) is 64.0 Å². The number of aromatic nitrogens is 1. The molecule has 1 atom stereocenters. The minimum absolute atomic E-state index is 0.0174. The van der Waals surface area contributed by atoms with Gasteiger partial charge in [-0.2, -0.15) is 0 Å². The van der Waals surface area contributed by atoms with Gasteiger partial charge < -0.3 is 14.4 Å². The van der Waals surface area contributed by atoms with Crippen molar-refractivity contribution in [2.24, 2.45) is 5.92 Å². The molecule has 1 aliphatic heterocycles. The Bertz CT molecular complexity index is 962. The molecule has 2 aliphatic rings. The van der Waals surface area contributed by atoms with Crippen LogP contribution in [0.2, 0.25) is 0 Å². The molecule has 0 spiro atoms. The number of hydrogen-bond donors (Lipinski definition) is 0. The van der Waals surface area contributed by atoms with Crippen LogP contribution in [-0.2, 0) is 16.1 Å². The van der Waals surface area contributed by atoms with Crippen molar-refractivity contribution in [3.63, 3.8) is 0 Å². The summed E-state index contributed by atoms with van der Waals surface area (Å²) in [6, 6.07) is 9.89. The molecule has 1 saturated carbocycles. The van der Waals surface area contributed by atoms with Gasteiger partial charge in [-0.15, -0.1) is 0 Å². The first-order valence-electron chi connectivity index (χ1n) is 10.4. The number of nitro groups is 1. The summed E-state index contributed by atoms with van der Waals surface area (Å²) in [6.45, 7) is 5.12. The van der Waals surface area contributed by atoms with Gasteiger partial charge >= 0.3 is 0 Å². The Morgan fingerprint density at radius 2 is 1.87 bits per heavy atom. The van der Waals surface area contributed by atoms with Crippen LogP contribution in [0, 0.1) is 16.0 Å². The lowest BCUT2D eigenvalue weighted by atomic mass is 9.99. The third-order valence-electron chi connectivity index (χ3n) is 5.92. The fourth-order valence-corrected chi connectivity index (χ4v) is 4.10. The number of carbonyl (C=O) groups excluding carboxylic acids is 2. The molecule has 4 rings (SSSR count). The first kappa shape index (κ1) is 20.1. The van der Waals surface area contributed by atoms with Crippen LogP contribution in [0.3, 0.4) is 0 Å². The Balaban J connectivity index is 1.62. The fraction of sp³-hybridized carbons (Fsp3) is 0.455. The number of benzene rings is 1. The van der Waals surface area contributed by atoms with Crippen molar-refractivity contribution in [3.8, 4) is 0 Å². The molecular formula is C22H26N4O4. The Morgan fingerprint density at radius 3 is 2.47 bits per heavy atom. The zero-order valence-electron chi connectivity index (χ0n) is 17.2. The molecule has 30 heavy (non-hydrogen) atoms. The van der Waals surface area contributed by atoms with Crippen LogP contribution in [-0.4, -0.2) is 50.2 Å². The summed E-state index contributed by atoms with van der Waals surface area (Å²) in [5.41, 5.74) is 1.80. The lowest BCUT2D eigenvalue weighted by Crippen LogP contribution is -2.49. The van der Waals surface area contributed by atoms with E-state index >= 15 is 0 Å². The molecule has 1 aromatic heterocycles. The predicted octanol–water partition coefficient (Wildman–Crippen LogP) is 2.97. The standard InChI is InChI=1S/C22H26N4O4/c1-15(2)25(22(28)17-5-6-17)14-20(27)24-13-12-23-11-3-4-19(23)21(24)16-7-9-18(10-8-16)26(29)30/h3-4,7-11,15,17,21H,5-6,12-14H2,1-2H3/t21-/m1/s1. The molecule has 0 radical (unpaired) electrons. The molecule has 0 unspecified atom stereocenters. The molecule has 0 N–H and O–H groups in total. The summed E-state index contributed by atoms with van der Waals surface area (Å²) in [4.78, 5) is 40.1. The van der Waals surface area contributed by atoms with E-state index in [9.17, 15) is 19.7 Å². The van der Waals surface area contributed by atoms with E-state index in [4.69, 9.17) is 0 Å². The van der Waals surface area contributed by atoms with Crippen LogP contribution in [0.4, 0.5) is 5.69 Å². The van der Waals surface area contributed by atoms with Gasteiger partial charge in [-0.1, -0.05) is 0 Å². The second-order valence-electron chi connectivity index (χ2n) is 8.30. The smallest absolute Gasteiger partial charge is 0.269 e. The van der Waals surface area contributed by atoms with Crippen LogP contribution in [0.5, 0.6) is 0 Å². The van der Waals surface area contributed by atoms with Gasteiger partial charge in [0.2, 0.25) is 11.8 Å². The SMILES string of the molecule is CC(C)N(CC(=O)N1CCn2cccc2[C@H]1c1ccc([N+](=O)[O-])cc1)C(=O)C1CC1. The van der Waals surface area contributed by atoms with Gasteiger partial charge in [-0.25, -0.2) is 0 Å². The van der Waals surface area contributed by atoms with Crippen molar-refractivity contribution in [2.75, 3.05) is 13.1 Å². The van der Waals surface area contributed by atoms with E-state index < -0.39 is 4.92 Å². The number of nitro benzene ring substituents is 1. The van der Waals surface area contributed by atoms with E-state index in [1.165, 1.54) is 12.1 Å². The molecule has 0 saturated heterocycles. The Kier molecular flexibility index (Phi) is 5.32. The summed E-state index contributed by atoms with van der Waals surface area (Å²) < 4.78 is 2.10. The predicted molar refractivity (Wildman–Crippen MR) is 111 cm³/mol. The minimum atomic E-state index is -0.430. The van der Waals surface area contributed by atoms with Crippen LogP contribution < -0.4 is 0 Å². The highest BCUT2D eigenvalue weighted by Gasteiger charge is 2.38. The van der Waals surface area contributed by atoms with Crippen molar-refractivity contribution >= 4 is 17.5 Å². The van der Waals surface area contributed by atoms with E-state index in [1.54, 1.807) is 21.9 Å². The molecule has 8 nitrogen and oxygen atoms in total. The number of fused-ring (bicyclic) bond motifs is 1. The summed E-state index contributed by atoms with van der Waals surface area (Å²) in [5.74, 6) is 0.0170. The average Bonchev–Trinajstić information content (AvgIpc) is 3.47. The van der Waals surface area contributed by atoms with Crippen molar-refractivity contribution in [1.82, 2.24) is 14.4 Å². The van der Waals surface area contributed by atoms with Crippen LogP contribution >= 0.6 is 0 Å². The molecule has 2 aromatic rings. The van der Waals surface area contributed by atoms with Gasteiger partial charge in [0, 0.05) is 49.1 Å². The van der Waals surface area contributed by atoms with Crippen molar-refractivity contribution in [1.29, 1.82) is 0 Å². The normalized spacial score (nSPS) is 18.2. The maximum Gasteiger partial charge on any atom is 0.269 e. The first-order valence-corrected chi connectivity index (χ1v) is 10.4. The van der Waals surface area contributed by atoms with Gasteiger partial charge in [0.15, 0.2) is 0 Å². The van der Waals surface area contributed by atoms with E-state index in [-0.39, 0.29) is 42.0 Å². The monoisotopic (exact) mass is 410 g/mol. The topological polar surface area (TPSA) is 88.7 Å². The fourth-order valence-electron chi connectivity index (χ4n) is 4.10. The van der Waals surface area contributed by atoms with Gasteiger partial charge in [0.1, 0.15) is 6.54 Å². The highest BCUT2D eigenvalue weighted by atomic mass is 16.6. The second-order valence-corrected chi connectivity index (χ2v) is 8.30. The van der Waals surface area contributed by atoms with Crippen LogP contribution in [0.25, 0.3) is 0 Å². The lowest BCUT2D eigenvalue weighted by Gasteiger charge is -2.39. The zero-order valence-corrected chi connectivity index (χ0v) is 17.2. The van der Waals surface area contributed by atoms with E-state index in [1.807, 2.05) is 32.2 Å². The average molecular weight is 410 g/mol. The molecule has 1 fully saturated rings. The number of hydrogen-bond acceptors (Lipinski definition) is 4. The summed E-state index contributed by atoms with van der Waals surface area (Å²) in [5, 5.41) is 11.0. The quantitative estimate of drug-likeness (QED) is 0.541. The molecule has 0 bridgehead atoms. The van der Waals surface area contributed by atoms with Gasteiger partial charge in [-0.05, 0) is 56.5 Å². The first-order chi connectivity index (χ1) is 14.4. The molecule has 158 valence electrons. The summed E-state index contributed by atoms with van der Waals surface area (Å²) in [7, 11) is 0. The third kappa shape index (κ3) is 3.81. The Labute approximate surface area is 175 Å². The third-order valence-corrected chi connectivity index (χ3v) is 5.92. The number of carbonyl (C=O) groups is 2. The second kappa shape index (κ2) is 7.93. The lowest BCUT2D eigenvalue weighted by molar-refractivity contribution is -0.384. The largest absolute Gasteiger partial charge is 0.348 e. The number of non-ortho nitro benzene ring substituents is 1. The molecular weight excluding hydrogens is 384 g/mol. The molecule has 2 amide bonds. The molecule has 2 heterocycles. The highest BCUT2D eigenvalue weighted by Crippen LogP contribution is 2.34. The highest BCUT2D eigenvalue weighted by molar-refractivity contribution is 5.87. The molecule has 1 aliphatic carbocycles. The number of amides is 2. The molecule has 8 heteroatoms. The maximum atomic E-state index is 13.4. The Morgan fingerprint density at radius 1 is 1.17 bits per heavy atom. The van der Waals surface area contributed by atoms with E-state index in [0.717, 1.165) is 24.1 Å². The van der Waals surface area contributed by atoms with Crippen molar-refractivity contribution < 1.29 is 14.5 Å². The summed E-state index contributed by atoms with van der Waals surface area (Å²) >= 11 is 0. The number of rotatable bonds is 6. The minimum Gasteiger partial charge on any atom is -0.348 e. The van der Waals surface area contributed by atoms with E-state index in [2.05, 4.69) is 4.57 Å². The summed E-state index contributed by atoms with van der Waals surface area (Å²) in [6.07, 6.45) is 3.78. The van der Waals surface area contributed by atoms with Crippen LogP contribution in [0.15, 0.2) is 42.6 Å². The molecule has 1 aromatic carbocycles.